The molecule has 0 unspecified atom stereocenters. The number of anilines is 2. The fraction of sp³-hybridized carbons (Fsp3) is 0.538. The first-order valence-corrected chi connectivity index (χ1v) is 6.13. The number of methoxy groups -OCH3 is 1. The summed E-state index contributed by atoms with van der Waals surface area (Å²) >= 11 is 0. The van der Waals surface area contributed by atoms with Gasteiger partial charge in [0.05, 0.1) is 4.92 Å². The molecule has 0 fully saturated rings. The standard InChI is InChI=1S/C13H21N3O3/c1-13(2,7-8-19-3)9-15-11-6-4-5-10(14)12(11)16(17)18/h4-6,15H,7-9,14H2,1-3H3. The highest BCUT2D eigenvalue weighted by Crippen LogP contribution is 2.31. The fourth-order valence-electron chi connectivity index (χ4n) is 1.71. The third-order valence-corrected chi connectivity index (χ3v) is 2.99. The number of hydrogen-bond acceptors (Lipinski definition) is 5. The molecule has 1 aromatic carbocycles. The van der Waals surface area contributed by atoms with Gasteiger partial charge in [-0.05, 0) is 24.0 Å². The Bertz CT molecular complexity index is 447. The molecule has 19 heavy (non-hydrogen) atoms. The first kappa shape index (κ1) is 15.2. The van der Waals surface area contributed by atoms with Crippen LogP contribution in [0.1, 0.15) is 20.3 Å². The second kappa shape index (κ2) is 6.38. The van der Waals surface area contributed by atoms with Gasteiger partial charge in [-0.25, -0.2) is 0 Å². The molecule has 0 atom stereocenters. The third kappa shape index (κ3) is 4.40. The highest BCUT2D eigenvalue weighted by molar-refractivity contribution is 5.74. The molecule has 0 saturated carbocycles. The van der Waals surface area contributed by atoms with Crippen molar-refractivity contribution in [3.8, 4) is 0 Å². The Morgan fingerprint density at radius 2 is 2.16 bits per heavy atom. The van der Waals surface area contributed by atoms with E-state index in [4.69, 9.17) is 10.5 Å². The molecule has 0 amide bonds. The Hall–Kier alpha value is -1.82. The lowest BCUT2D eigenvalue weighted by Crippen LogP contribution is -2.25. The van der Waals surface area contributed by atoms with Gasteiger partial charge in [0.1, 0.15) is 11.4 Å². The molecule has 0 aliphatic carbocycles. The zero-order valence-electron chi connectivity index (χ0n) is 11.6. The van der Waals surface area contributed by atoms with Crippen molar-refractivity contribution in [1.29, 1.82) is 0 Å². The van der Waals surface area contributed by atoms with Crippen molar-refractivity contribution in [2.24, 2.45) is 5.41 Å². The van der Waals surface area contributed by atoms with Gasteiger partial charge >= 0.3 is 5.69 Å². The Morgan fingerprint density at radius 3 is 2.74 bits per heavy atom. The van der Waals surface area contributed by atoms with Gasteiger partial charge in [0.25, 0.3) is 0 Å². The van der Waals surface area contributed by atoms with E-state index in [1.807, 2.05) is 0 Å². The average Bonchev–Trinajstić information content (AvgIpc) is 2.33. The number of nitro groups is 1. The van der Waals surface area contributed by atoms with Crippen LogP contribution in [0.4, 0.5) is 17.1 Å². The fourth-order valence-corrected chi connectivity index (χ4v) is 1.71. The predicted molar refractivity (Wildman–Crippen MR) is 76.3 cm³/mol. The molecule has 0 aliphatic rings. The minimum atomic E-state index is -0.459. The first-order valence-electron chi connectivity index (χ1n) is 6.13. The molecule has 0 heterocycles. The summed E-state index contributed by atoms with van der Waals surface area (Å²) in [6.45, 7) is 5.43. The summed E-state index contributed by atoms with van der Waals surface area (Å²) in [7, 11) is 1.66. The van der Waals surface area contributed by atoms with Crippen molar-refractivity contribution in [1.82, 2.24) is 0 Å². The molecular formula is C13H21N3O3. The summed E-state index contributed by atoms with van der Waals surface area (Å²) in [5.74, 6) is 0. The van der Waals surface area contributed by atoms with Crippen molar-refractivity contribution in [2.45, 2.75) is 20.3 Å². The number of benzene rings is 1. The van der Waals surface area contributed by atoms with Crippen LogP contribution in [-0.2, 0) is 4.74 Å². The van der Waals surface area contributed by atoms with Crippen molar-refractivity contribution < 1.29 is 9.66 Å². The number of rotatable bonds is 7. The Morgan fingerprint density at radius 1 is 1.47 bits per heavy atom. The number of ether oxygens (including phenoxy) is 1. The van der Waals surface area contributed by atoms with E-state index in [2.05, 4.69) is 19.2 Å². The van der Waals surface area contributed by atoms with Crippen LogP contribution in [0.15, 0.2) is 18.2 Å². The Kier molecular flexibility index (Phi) is 5.11. The number of hydrogen-bond donors (Lipinski definition) is 2. The quantitative estimate of drug-likeness (QED) is 0.450. The van der Waals surface area contributed by atoms with Crippen LogP contribution in [0, 0.1) is 15.5 Å². The van der Waals surface area contributed by atoms with E-state index in [0.29, 0.717) is 18.8 Å². The summed E-state index contributed by atoms with van der Waals surface area (Å²) in [5, 5.41) is 14.1. The van der Waals surface area contributed by atoms with Crippen LogP contribution >= 0.6 is 0 Å². The lowest BCUT2D eigenvalue weighted by Gasteiger charge is -2.25. The zero-order valence-corrected chi connectivity index (χ0v) is 11.6. The minimum absolute atomic E-state index is 0.0194. The van der Waals surface area contributed by atoms with E-state index >= 15 is 0 Å². The van der Waals surface area contributed by atoms with Gasteiger partial charge < -0.3 is 15.8 Å². The monoisotopic (exact) mass is 267 g/mol. The van der Waals surface area contributed by atoms with E-state index in [-0.39, 0.29) is 16.8 Å². The van der Waals surface area contributed by atoms with E-state index in [9.17, 15) is 10.1 Å². The van der Waals surface area contributed by atoms with E-state index < -0.39 is 4.92 Å². The minimum Gasteiger partial charge on any atom is -0.393 e. The predicted octanol–water partition coefficient (Wildman–Crippen LogP) is 2.65. The Balaban J connectivity index is 2.78. The van der Waals surface area contributed by atoms with Crippen LogP contribution in [0.3, 0.4) is 0 Å². The lowest BCUT2D eigenvalue weighted by atomic mass is 9.89. The third-order valence-electron chi connectivity index (χ3n) is 2.99. The van der Waals surface area contributed by atoms with E-state index in [1.165, 1.54) is 6.07 Å². The van der Waals surface area contributed by atoms with Crippen LogP contribution in [0.25, 0.3) is 0 Å². The number of nitro benzene ring substituents is 1. The van der Waals surface area contributed by atoms with Crippen LogP contribution < -0.4 is 11.1 Å². The molecule has 6 heteroatoms. The van der Waals surface area contributed by atoms with Crippen molar-refractivity contribution in [3.63, 3.8) is 0 Å². The molecule has 0 radical (unpaired) electrons. The van der Waals surface area contributed by atoms with Gasteiger partial charge in [-0.1, -0.05) is 19.9 Å². The molecule has 0 aromatic heterocycles. The van der Waals surface area contributed by atoms with Crippen molar-refractivity contribution in [3.05, 3.63) is 28.3 Å². The lowest BCUT2D eigenvalue weighted by molar-refractivity contribution is -0.383. The topological polar surface area (TPSA) is 90.4 Å². The molecule has 1 rings (SSSR count). The van der Waals surface area contributed by atoms with E-state index in [0.717, 1.165) is 6.42 Å². The highest BCUT2D eigenvalue weighted by Gasteiger charge is 2.21. The number of nitrogen functional groups attached to an aromatic ring is 1. The molecule has 3 N–H and O–H groups in total. The maximum Gasteiger partial charge on any atom is 0.314 e. The SMILES string of the molecule is COCCC(C)(C)CNc1cccc(N)c1[N+](=O)[O-]. The van der Waals surface area contributed by atoms with Gasteiger partial charge in [0.15, 0.2) is 0 Å². The van der Waals surface area contributed by atoms with Crippen LogP contribution in [-0.4, -0.2) is 25.2 Å². The van der Waals surface area contributed by atoms with E-state index in [1.54, 1.807) is 19.2 Å². The van der Waals surface area contributed by atoms with Gasteiger partial charge in [0.2, 0.25) is 0 Å². The number of nitrogens with one attached hydrogen (secondary N) is 1. The van der Waals surface area contributed by atoms with Gasteiger partial charge in [0, 0.05) is 20.3 Å². The number of nitrogens with zero attached hydrogens (tertiary/aromatic N) is 1. The molecule has 0 bridgehead atoms. The van der Waals surface area contributed by atoms with Crippen LogP contribution in [0.5, 0.6) is 0 Å². The summed E-state index contributed by atoms with van der Waals surface area (Å²) in [6.07, 6.45) is 0.868. The Labute approximate surface area is 113 Å². The molecule has 106 valence electrons. The van der Waals surface area contributed by atoms with Gasteiger partial charge in [-0.2, -0.15) is 0 Å². The molecular weight excluding hydrogens is 246 g/mol. The summed E-state index contributed by atoms with van der Waals surface area (Å²) in [5.41, 5.74) is 6.18. The normalized spacial score (nSPS) is 11.3. The molecule has 0 aliphatic heterocycles. The smallest absolute Gasteiger partial charge is 0.314 e. The number of nitrogens with two attached hydrogens (primary N) is 1. The number of para-hydroxylation sites is 1. The largest absolute Gasteiger partial charge is 0.393 e. The maximum atomic E-state index is 11.0. The maximum absolute atomic E-state index is 11.0. The van der Waals surface area contributed by atoms with Crippen LogP contribution in [0.2, 0.25) is 0 Å². The second-order valence-electron chi connectivity index (χ2n) is 5.26. The zero-order chi connectivity index (χ0) is 14.5. The molecule has 1 aromatic rings. The van der Waals surface area contributed by atoms with Gasteiger partial charge in [-0.3, -0.25) is 10.1 Å². The summed E-state index contributed by atoms with van der Waals surface area (Å²) in [6, 6.07) is 4.90. The summed E-state index contributed by atoms with van der Waals surface area (Å²) < 4.78 is 5.05. The summed E-state index contributed by atoms with van der Waals surface area (Å²) in [4.78, 5) is 10.5. The molecule has 0 spiro atoms. The molecule has 0 saturated heterocycles. The van der Waals surface area contributed by atoms with Gasteiger partial charge in [-0.15, -0.1) is 0 Å². The van der Waals surface area contributed by atoms with Crippen molar-refractivity contribution in [2.75, 3.05) is 31.3 Å². The van der Waals surface area contributed by atoms with Crippen molar-refractivity contribution >= 4 is 17.1 Å². The molecule has 6 nitrogen and oxygen atoms in total. The highest BCUT2D eigenvalue weighted by atomic mass is 16.6. The first-order chi connectivity index (χ1) is 8.87. The average molecular weight is 267 g/mol. The second-order valence-corrected chi connectivity index (χ2v) is 5.26.